The summed E-state index contributed by atoms with van der Waals surface area (Å²) >= 11 is 3.34. The molecular formula is C11H15BrFN. The lowest BCUT2D eigenvalue weighted by molar-refractivity contribution is 0.355. The molecule has 0 unspecified atom stereocenters. The van der Waals surface area contributed by atoms with Crippen molar-refractivity contribution in [3.05, 3.63) is 34.1 Å². The van der Waals surface area contributed by atoms with E-state index >= 15 is 0 Å². The molecule has 0 saturated heterocycles. The minimum Gasteiger partial charge on any atom is -0.306 e. The van der Waals surface area contributed by atoms with Crippen molar-refractivity contribution < 1.29 is 4.39 Å². The maximum absolute atomic E-state index is 13.3. The second-order valence-corrected chi connectivity index (χ2v) is 4.30. The van der Waals surface area contributed by atoms with Crippen LogP contribution in [-0.2, 0) is 6.42 Å². The largest absolute Gasteiger partial charge is 0.306 e. The Morgan fingerprint density at radius 2 is 2.14 bits per heavy atom. The van der Waals surface area contributed by atoms with Crippen molar-refractivity contribution in [2.75, 3.05) is 20.1 Å². The van der Waals surface area contributed by atoms with E-state index in [4.69, 9.17) is 0 Å². The van der Waals surface area contributed by atoms with Gasteiger partial charge in [-0.25, -0.2) is 4.39 Å². The Morgan fingerprint density at radius 3 is 2.79 bits per heavy atom. The van der Waals surface area contributed by atoms with Crippen LogP contribution in [0.3, 0.4) is 0 Å². The highest BCUT2D eigenvalue weighted by molar-refractivity contribution is 9.10. The van der Waals surface area contributed by atoms with Gasteiger partial charge in [-0.2, -0.15) is 0 Å². The average Bonchev–Trinajstić information content (AvgIpc) is 2.19. The van der Waals surface area contributed by atoms with Gasteiger partial charge in [-0.1, -0.05) is 22.9 Å². The first kappa shape index (κ1) is 11.7. The predicted molar refractivity (Wildman–Crippen MR) is 61.0 cm³/mol. The van der Waals surface area contributed by atoms with Crippen LogP contribution in [-0.4, -0.2) is 25.0 Å². The van der Waals surface area contributed by atoms with Crippen LogP contribution in [0, 0.1) is 5.82 Å². The third-order valence-electron chi connectivity index (χ3n) is 2.31. The molecule has 0 N–H and O–H groups in total. The minimum atomic E-state index is -0.113. The molecule has 3 heteroatoms. The topological polar surface area (TPSA) is 3.24 Å². The molecule has 0 amide bonds. The molecule has 1 nitrogen and oxygen atoms in total. The maximum Gasteiger partial charge on any atom is 0.126 e. The van der Waals surface area contributed by atoms with Gasteiger partial charge in [0, 0.05) is 11.0 Å². The molecule has 0 aliphatic carbocycles. The molecule has 0 heterocycles. The lowest BCUT2D eigenvalue weighted by Crippen LogP contribution is -2.20. The predicted octanol–water partition coefficient (Wildman–Crippen LogP) is 3.08. The van der Waals surface area contributed by atoms with Crippen LogP contribution in [0.2, 0.25) is 0 Å². The second kappa shape index (κ2) is 5.47. The molecule has 78 valence electrons. The Balaban J connectivity index is 2.62. The second-order valence-electron chi connectivity index (χ2n) is 3.38. The summed E-state index contributed by atoms with van der Waals surface area (Å²) in [5.74, 6) is -0.113. The Bertz CT molecular complexity index is 301. The summed E-state index contributed by atoms with van der Waals surface area (Å²) in [6.45, 7) is 3.98. The maximum atomic E-state index is 13.3. The van der Waals surface area contributed by atoms with Gasteiger partial charge in [0.1, 0.15) is 5.82 Å². The number of benzene rings is 1. The zero-order valence-corrected chi connectivity index (χ0v) is 10.1. The summed E-state index contributed by atoms with van der Waals surface area (Å²) in [5, 5.41) is 0. The standard InChI is InChI=1S/C11H15BrFN/c1-3-14(2)7-6-9-8-10(12)4-5-11(9)13/h4-5,8H,3,6-7H2,1-2H3. The van der Waals surface area contributed by atoms with Crippen molar-refractivity contribution in [2.24, 2.45) is 0 Å². The van der Waals surface area contributed by atoms with Crippen LogP contribution in [0.1, 0.15) is 12.5 Å². The van der Waals surface area contributed by atoms with E-state index in [0.717, 1.165) is 29.5 Å². The van der Waals surface area contributed by atoms with Crippen LogP contribution >= 0.6 is 15.9 Å². The number of hydrogen-bond donors (Lipinski definition) is 0. The number of likely N-dealkylation sites (N-methyl/N-ethyl adjacent to an activating group) is 1. The van der Waals surface area contributed by atoms with Gasteiger partial charge >= 0.3 is 0 Å². The van der Waals surface area contributed by atoms with Crippen LogP contribution in [0.4, 0.5) is 4.39 Å². The Hall–Kier alpha value is -0.410. The lowest BCUT2D eigenvalue weighted by Gasteiger charge is -2.13. The first-order chi connectivity index (χ1) is 6.63. The van der Waals surface area contributed by atoms with E-state index in [0.29, 0.717) is 0 Å². The van der Waals surface area contributed by atoms with Gasteiger partial charge in [0.15, 0.2) is 0 Å². The molecule has 0 aliphatic rings. The molecule has 1 aromatic rings. The summed E-state index contributed by atoms with van der Waals surface area (Å²) in [6, 6.07) is 5.08. The molecule has 0 spiro atoms. The highest BCUT2D eigenvalue weighted by Gasteiger charge is 2.03. The molecule has 0 fully saturated rings. The Morgan fingerprint density at radius 1 is 1.43 bits per heavy atom. The van der Waals surface area contributed by atoms with E-state index in [2.05, 4.69) is 27.8 Å². The van der Waals surface area contributed by atoms with Crippen LogP contribution in [0.25, 0.3) is 0 Å². The minimum absolute atomic E-state index is 0.113. The van der Waals surface area contributed by atoms with E-state index < -0.39 is 0 Å². The molecule has 0 bridgehead atoms. The fraction of sp³-hybridized carbons (Fsp3) is 0.455. The highest BCUT2D eigenvalue weighted by atomic mass is 79.9. The number of hydrogen-bond acceptors (Lipinski definition) is 1. The van der Waals surface area contributed by atoms with Gasteiger partial charge in [0.05, 0.1) is 0 Å². The van der Waals surface area contributed by atoms with E-state index in [9.17, 15) is 4.39 Å². The SMILES string of the molecule is CCN(C)CCc1cc(Br)ccc1F. The van der Waals surface area contributed by atoms with Crippen molar-refractivity contribution in [3.63, 3.8) is 0 Å². The summed E-state index contributed by atoms with van der Waals surface area (Å²) < 4.78 is 14.2. The molecule has 1 rings (SSSR count). The van der Waals surface area contributed by atoms with Crippen molar-refractivity contribution in [3.8, 4) is 0 Å². The van der Waals surface area contributed by atoms with Crippen molar-refractivity contribution in [1.82, 2.24) is 4.90 Å². The first-order valence-electron chi connectivity index (χ1n) is 4.76. The molecule has 0 radical (unpaired) electrons. The monoisotopic (exact) mass is 259 g/mol. The van der Waals surface area contributed by atoms with E-state index in [-0.39, 0.29) is 5.82 Å². The van der Waals surface area contributed by atoms with Crippen LogP contribution < -0.4 is 0 Å². The van der Waals surface area contributed by atoms with Gasteiger partial charge in [-0.05, 0) is 43.8 Å². The van der Waals surface area contributed by atoms with E-state index in [1.54, 1.807) is 6.07 Å². The Kier molecular flexibility index (Phi) is 4.55. The smallest absolute Gasteiger partial charge is 0.126 e. The third-order valence-corrected chi connectivity index (χ3v) is 2.80. The highest BCUT2D eigenvalue weighted by Crippen LogP contribution is 2.16. The fourth-order valence-corrected chi connectivity index (χ4v) is 1.61. The van der Waals surface area contributed by atoms with Gasteiger partial charge in [-0.3, -0.25) is 0 Å². The van der Waals surface area contributed by atoms with E-state index in [1.165, 1.54) is 6.07 Å². The van der Waals surface area contributed by atoms with Gasteiger partial charge < -0.3 is 4.90 Å². The Labute approximate surface area is 93.0 Å². The molecule has 14 heavy (non-hydrogen) atoms. The summed E-state index contributed by atoms with van der Waals surface area (Å²) in [6.07, 6.45) is 0.760. The molecule has 0 aromatic heterocycles. The van der Waals surface area contributed by atoms with Crippen molar-refractivity contribution >= 4 is 15.9 Å². The van der Waals surface area contributed by atoms with Crippen LogP contribution in [0.5, 0.6) is 0 Å². The first-order valence-corrected chi connectivity index (χ1v) is 5.55. The van der Waals surface area contributed by atoms with Crippen LogP contribution in [0.15, 0.2) is 22.7 Å². The number of rotatable bonds is 4. The molecule has 0 aliphatic heterocycles. The quantitative estimate of drug-likeness (QED) is 0.804. The summed E-state index contributed by atoms with van der Waals surface area (Å²) in [5.41, 5.74) is 0.777. The fourth-order valence-electron chi connectivity index (χ4n) is 1.20. The molecule has 0 saturated carbocycles. The normalized spacial score (nSPS) is 10.9. The average molecular weight is 260 g/mol. The van der Waals surface area contributed by atoms with E-state index in [1.807, 2.05) is 13.1 Å². The van der Waals surface area contributed by atoms with Gasteiger partial charge in [0.25, 0.3) is 0 Å². The van der Waals surface area contributed by atoms with Gasteiger partial charge in [0.2, 0.25) is 0 Å². The zero-order valence-electron chi connectivity index (χ0n) is 8.56. The molecule has 0 atom stereocenters. The molecular weight excluding hydrogens is 245 g/mol. The number of halogens is 2. The van der Waals surface area contributed by atoms with Gasteiger partial charge in [-0.15, -0.1) is 0 Å². The van der Waals surface area contributed by atoms with Crippen molar-refractivity contribution in [1.29, 1.82) is 0 Å². The number of nitrogens with zero attached hydrogens (tertiary/aromatic N) is 1. The third kappa shape index (κ3) is 3.39. The van der Waals surface area contributed by atoms with Crippen molar-refractivity contribution in [2.45, 2.75) is 13.3 Å². The lowest BCUT2D eigenvalue weighted by atomic mass is 10.1. The summed E-state index contributed by atoms with van der Waals surface area (Å²) in [4.78, 5) is 2.17. The zero-order chi connectivity index (χ0) is 10.6. The summed E-state index contributed by atoms with van der Waals surface area (Å²) in [7, 11) is 2.04. The molecule has 1 aromatic carbocycles.